The molecule has 5 nitrogen and oxygen atoms in total. The van der Waals surface area contributed by atoms with Crippen LogP contribution < -0.4 is 15.4 Å². The maximum absolute atomic E-state index is 12.4. The molecule has 152 valence electrons. The summed E-state index contributed by atoms with van der Waals surface area (Å²) in [5.41, 5.74) is 1.62. The van der Waals surface area contributed by atoms with Gasteiger partial charge in [0, 0.05) is 16.2 Å². The minimum Gasteiger partial charge on any atom is -0.457 e. The molecule has 1 aliphatic rings. The first-order chi connectivity index (χ1) is 14.7. The molecular weight excluding hydrogens is 396 g/mol. The summed E-state index contributed by atoms with van der Waals surface area (Å²) in [7, 11) is 0. The molecular formula is C24H22N2O3S. The third-order valence-electron chi connectivity index (χ3n) is 4.80. The highest BCUT2D eigenvalue weighted by molar-refractivity contribution is 7.99. The van der Waals surface area contributed by atoms with Gasteiger partial charge in [-0.25, -0.2) is 0 Å². The van der Waals surface area contributed by atoms with Gasteiger partial charge in [0.1, 0.15) is 11.5 Å². The average molecular weight is 419 g/mol. The third-order valence-corrected chi connectivity index (χ3v) is 5.92. The molecule has 1 heterocycles. The summed E-state index contributed by atoms with van der Waals surface area (Å²) in [6.45, 7) is -0.0626. The number of hydrogen-bond donors (Lipinski definition) is 2. The van der Waals surface area contributed by atoms with Crippen LogP contribution in [0.15, 0.2) is 83.8 Å². The lowest BCUT2D eigenvalue weighted by Gasteiger charge is -2.25. The Balaban J connectivity index is 1.29. The van der Waals surface area contributed by atoms with Crippen molar-refractivity contribution in [2.24, 2.45) is 0 Å². The van der Waals surface area contributed by atoms with E-state index in [2.05, 4.69) is 16.7 Å². The van der Waals surface area contributed by atoms with E-state index >= 15 is 0 Å². The molecule has 1 aliphatic heterocycles. The normalized spacial score (nSPS) is 15.0. The summed E-state index contributed by atoms with van der Waals surface area (Å²) < 4.78 is 5.73. The van der Waals surface area contributed by atoms with E-state index in [4.69, 9.17) is 4.74 Å². The molecule has 0 spiro atoms. The Labute approximate surface area is 179 Å². The van der Waals surface area contributed by atoms with Crippen molar-refractivity contribution in [2.75, 3.05) is 12.3 Å². The highest BCUT2D eigenvalue weighted by atomic mass is 32.2. The van der Waals surface area contributed by atoms with Gasteiger partial charge in [-0.15, -0.1) is 11.8 Å². The van der Waals surface area contributed by atoms with Gasteiger partial charge >= 0.3 is 0 Å². The molecule has 0 saturated heterocycles. The second-order valence-corrected chi connectivity index (χ2v) is 8.05. The van der Waals surface area contributed by atoms with Crippen LogP contribution in [0.4, 0.5) is 0 Å². The predicted octanol–water partition coefficient (Wildman–Crippen LogP) is 4.56. The number of rotatable bonds is 6. The van der Waals surface area contributed by atoms with Gasteiger partial charge in [0.05, 0.1) is 12.6 Å². The second-order valence-electron chi connectivity index (χ2n) is 6.92. The van der Waals surface area contributed by atoms with Crippen molar-refractivity contribution in [1.29, 1.82) is 0 Å². The number of ether oxygens (including phenoxy) is 1. The zero-order valence-electron chi connectivity index (χ0n) is 16.3. The number of fused-ring (bicyclic) bond motifs is 1. The van der Waals surface area contributed by atoms with E-state index in [1.165, 1.54) is 4.90 Å². The number of para-hydroxylation sites is 1. The molecule has 0 aliphatic carbocycles. The quantitative estimate of drug-likeness (QED) is 0.616. The lowest BCUT2D eigenvalue weighted by molar-refractivity contribution is -0.120. The lowest BCUT2D eigenvalue weighted by Crippen LogP contribution is -2.39. The van der Waals surface area contributed by atoms with Crippen molar-refractivity contribution < 1.29 is 14.3 Å². The van der Waals surface area contributed by atoms with Crippen molar-refractivity contribution in [3.05, 3.63) is 90.0 Å². The minimum atomic E-state index is -0.295. The van der Waals surface area contributed by atoms with Crippen LogP contribution in [-0.2, 0) is 4.79 Å². The van der Waals surface area contributed by atoms with Crippen LogP contribution >= 0.6 is 11.8 Å². The first kappa shape index (κ1) is 20.0. The first-order valence-electron chi connectivity index (χ1n) is 9.81. The van der Waals surface area contributed by atoms with Crippen molar-refractivity contribution >= 4 is 23.6 Å². The fourth-order valence-corrected chi connectivity index (χ4v) is 4.42. The Morgan fingerprint density at radius 1 is 0.900 bits per heavy atom. The topological polar surface area (TPSA) is 67.4 Å². The fourth-order valence-electron chi connectivity index (χ4n) is 3.30. The largest absolute Gasteiger partial charge is 0.457 e. The highest BCUT2D eigenvalue weighted by Crippen LogP contribution is 2.35. The van der Waals surface area contributed by atoms with Gasteiger partial charge < -0.3 is 15.4 Å². The van der Waals surface area contributed by atoms with Gasteiger partial charge in [-0.2, -0.15) is 0 Å². The van der Waals surface area contributed by atoms with Crippen LogP contribution in [0, 0.1) is 0 Å². The van der Waals surface area contributed by atoms with E-state index in [0.717, 1.165) is 23.5 Å². The van der Waals surface area contributed by atoms with Gasteiger partial charge in [0.15, 0.2) is 0 Å². The molecule has 0 bridgehead atoms. The molecule has 0 fully saturated rings. The molecule has 0 aromatic heterocycles. The monoisotopic (exact) mass is 418 g/mol. The summed E-state index contributed by atoms with van der Waals surface area (Å²) in [5, 5.41) is 5.72. The molecule has 2 amide bonds. The third kappa shape index (κ3) is 5.02. The number of nitrogens with one attached hydrogen (secondary N) is 2. The summed E-state index contributed by atoms with van der Waals surface area (Å²) in [4.78, 5) is 25.9. The van der Waals surface area contributed by atoms with Gasteiger partial charge in [-0.05, 0) is 54.4 Å². The Morgan fingerprint density at radius 3 is 2.40 bits per heavy atom. The SMILES string of the molecule is O=C(CNC(=O)c1ccc(Oc2ccccc2)cc1)N[C@@H]1CCSc2ccccc21. The van der Waals surface area contributed by atoms with Crippen LogP contribution in [0.3, 0.4) is 0 Å². The maximum Gasteiger partial charge on any atom is 0.251 e. The van der Waals surface area contributed by atoms with E-state index < -0.39 is 0 Å². The summed E-state index contributed by atoms with van der Waals surface area (Å²) in [6.07, 6.45) is 0.879. The molecule has 0 saturated carbocycles. The molecule has 0 unspecified atom stereocenters. The lowest BCUT2D eigenvalue weighted by atomic mass is 10.0. The van der Waals surface area contributed by atoms with Gasteiger partial charge in [0.25, 0.3) is 5.91 Å². The minimum absolute atomic E-state index is 0.0127. The highest BCUT2D eigenvalue weighted by Gasteiger charge is 2.22. The molecule has 2 N–H and O–H groups in total. The maximum atomic E-state index is 12.4. The van der Waals surface area contributed by atoms with E-state index in [9.17, 15) is 9.59 Å². The Kier molecular flexibility index (Phi) is 6.35. The molecule has 1 atom stereocenters. The van der Waals surface area contributed by atoms with Gasteiger partial charge in [-0.3, -0.25) is 9.59 Å². The summed E-state index contributed by atoms with van der Waals surface area (Å²) >= 11 is 1.81. The zero-order chi connectivity index (χ0) is 20.8. The number of amides is 2. The Bertz CT molecular complexity index is 1020. The number of carbonyl (C=O) groups excluding carboxylic acids is 2. The number of benzene rings is 3. The standard InChI is InChI=1S/C24H22N2O3S/c27-23(26-21-14-15-30-22-9-5-4-8-20(21)22)16-25-24(28)17-10-12-19(13-11-17)29-18-6-2-1-3-7-18/h1-13,21H,14-16H2,(H,25,28)(H,26,27)/t21-/m1/s1. The van der Waals surface area contributed by atoms with Gasteiger partial charge in [-0.1, -0.05) is 36.4 Å². The molecule has 3 aromatic rings. The van der Waals surface area contributed by atoms with Crippen LogP contribution in [0.25, 0.3) is 0 Å². The van der Waals surface area contributed by atoms with Crippen LogP contribution in [0.1, 0.15) is 28.4 Å². The zero-order valence-corrected chi connectivity index (χ0v) is 17.2. The van der Waals surface area contributed by atoms with Crippen molar-refractivity contribution in [1.82, 2.24) is 10.6 Å². The molecule has 0 radical (unpaired) electrons. The second kappa shape index (κ2) is 9.50. The smallest absolute Gasteiger partial charge is 0.251 e. The molecule has 3 aromatic carbocycles. The number of thioether (sulfide) groups is 1. The van der Waals surface area contributed by atoms with Crippen molar-refractivity contribution in [3.63, 3.8) is 0 Å². The van der Waals surface area contributed by atoms with Gasteiger partial charge in [0.2, 0.25) is 5.91 Å². The Hall–Kier alpha value is -3.25. The molecule has 6 heteroatoms. The van der Waals surface area contributed by atoms with E-state index in [1.54, 1.807) is 36.0 Å². The molecule has 30 heavy (non-hydrogen) atoms. The summed E-state index contributed by atoms with van der Waals surface area (Å²) in [5.74, 6) is 1.85. The van der Waals surface area contributed by atoms with Crippen LogP contribution in [-0.4, -0.2) is 24.1 Å². The average Bonchev–Trinajstić information content (AvgIpc) is 2.79. The van der Waals surface area contributed by atoms with E-state index in [0.29, 0.717) is 11.3 Å². The van der Waals surface area contributed by atoms with Crippen molar-refractivity contribution in [3.8, 4) is 11.5 Å². The van der Waals surface area contributed by atoms with Crippen LogP contribution in [0.2, 0.25) is 0 Å². The number of carbonyl (C=O) groups is 2. The first-order valence-corrected chi connectivity index (χ1v) is 10.8. The van der Waals surface area contributed by atoms with E-state index in [-0.39, 0.29) is 24.4 Å². The molecule has 4 rings (SSSR count). The van der Waals surface area contributed by atoms with E-state index in [1.807, 2.05) is 48.5 Å². The van der Waals surface area contributed by atoms with Crippen LogP contribution in [0.5, 0.6) is 11.5 Å². The summed E-state index contributed by atoms with van der Waals surface area (Å²) in [6, 6.07) is 24.4. The number of hydrogen-bond acceptors (Lipinski definition) is 4. The van der Waals surface area contributed by atoms with Crippen molar-refractivity contribution in [2.45, 2.75) is 17.4 Å². The fraction of sp³-hybridized carbons (Fsp3) is 0.167. The predicted molar refractivity (Wildman–Crippen MR) is 118 cm³/mol. The Morgan fingerprint density at radius 2 is 1.60 bits per heavy atom.